The molecule has 0 aromatic heterocycles. The van der Waals surface area contributed by atoms with Gasteiger partial charge in [-0.05, 0) is 13.3 Å². The van der Waals surface area contributed by atoms with E-state index in [2.05, 4.69) is 21.5 Å². The van der Waals surface area contributed by atoms with Crippen LogP contribution in [0.1, 0.15) is 13.3 Å². The van der Waals surface area contributed by atoms with Gasteiger partial charge in [-0.1, -0.05) is 5.92 Å². The van der Waals surface area contributed by atoms with Crippen LogP contribution in [0.15, 0.2) is 4.99 Å². The van der Waals surface area contributed by atoms with Gasteiger partial charge < -0.3 is 10.6 Å². The van der Waals surface area contributed by atoms with Crippen molar-refractivity contribution in [1.82, 2.24) is 10.6 Å². The Hall–Kier alpha value is -1.22. The van der Waals surface area contributed by atoms with E-state index < -0.39 is 9.84 Å². The first kappa shape index (κ1) is 14.8. The van der Waals surface area contributed by atoms with Gasteiger partial charge in [0, 0.05) is 19.3 Å². The Labute approximate surface area is 97.6 Å². The minimum Gasteiger partial charge on any atom is -0.357 e. The van der Waals surface area contributed by atoms with E-state index in [1.807, 2.05) is 6.92 Å². The lowest BCUT2D eigenvalue weighted by Gasteiger charge is -2.08. The Morgan fingerprint density at radius 1 is 1.44 bits per heavy atom. The van der Waals surface area contributed by atoms with E-state index >= 15 is 0 Å². The van der Waals surface area contributed by atoms with Gasteiger partial charge in [0.1, 0.15) is 9.84 Å². The lowest BCUT2D eigenvalue weighted by Crippen LogP contribution is -2.37. The highest BCUT2D eigenvalue weighted by Gasteiger charge is 2.01. The molecule has 5 nitrogen and oxygen atoms in total. The van der Waals surface area contributed by atoms with E-state index in [4.69, 9.17) is 6.42 Å². The standard InChI is InChI=1S/C10H19N3O2S/c1-4-7-12-10(11-5-2)13-8-6-9-16(3,14)15/h1H,5-9H2,2-3H3,(H2,11,12,13). The molecular formula is C10H19N3O2S. The van der Waals surface area contributed by atoms with Crippen LogP contribution in [0.25, 0.3) is 0 Å². The molecule has 0 atom stereocenters. The highest BCUT2D eigenvalue weighted by molar-refractivity contribution is 7.90. The van der Waals surface area contributed by atoms with Crippen LogP contribution in [0.2, 0.25) is 0 Å². The second-order valence-electron chi connectivity index (χ2n) is 3.30. The number of aliphatic imine (C=N–C) groups is 1. The topological polar surface area (TPSA) is 70.6 Å². The third kappa shape index (κ3) is 9.34. The van der Waals surface area contributed by atoms with Crippen molar-refractivity contribution in [3.8, 4) is 12.3 Å². The van der Waals surface area contributed by atoms with Gasteiger partial charge in [0.2, 0.25) is 0 Å². The second kappa shape index (κ2) is 7.99. The van der Waals surface area contributed by atoms with Crippen LogP contribution in [0.3, 0.4) is 0 Å². The maximum atomic E-state index is 10.9. The van der Waals surface area contributed by atoms with Gasteiger partial charge in [0.15, 0.2) is 5.96 Å². The van der Waals surface area contributed by atoms with E-state index in [1.54, 1.807) is 0 Å². The zero-order valence-corrected chi connectivity index (χ0v) is 10.6. The molecule has 0 aromatic rings. The predicted octanol–water partition coefficient (Wildman–Crippen LogP) is -0.391. The maximum Gasteiger partial charge on any atom is 0.192 e. The Kier molecular flexibility index (Phi) is 7.38. The molecule has 0 heterocycles. The van der Waals surface area contributed by atoms with Crippen molar-refractivity contribution in [2.45, 2.75) is 13.3 Å². The molecule has 92 valence electrons. The minimum atomic E-state index is -2.89. The van der Waals surface area contributed by atoms with E-state index in [9.17, 15) is 8.42 Å². The molecule has 0 amide bonds. The molecule has 0 bridgehead atoms. The lowest BCUT2D eigenvalue weighted by atomic mass is 10.5. The molecule has 6 heteroatoms. The molecule has 0 aliphatic carbocycles. The molecule has 0 unspecified atom stereocenters. The summed E-state index contributed by atoms with van der Waals surface area (Å²) in [5.74, 6) is 3.22. The second-order valence-corrected chi connectivity index (χ2v) is 5.56. The highest BCUT2D eigenvalue weighted by Crippen LogP contribution is 1.89. The zero-order valence-electron chi connectivity index (χ0n) is 9.78. The number of guanidine groups is 1. The lowest BCUT2D eigenvalue weighted by molar-refractivity contribution is 0.599. The average Bonchev–Trinajstić information content (AvgIpc) is 2.19. The summed E-state index contributed by atoms with van der Waals surface area (Å²) in [6.07, 6.45) is 6.85. The number of hydrogen-bond donors (Lipinski definition) is 2. The Bertz CT molecular complexity index is 355. The van der Waals surface area contributed by atoms with Crippen LogP contribution >= 0.6 is 0 Å². The van der Waals surface area contributed by atoms with Crippen molar-refractivity contribution in [2.75, 3.05) is 31.6 Å². The van der Waals surface area contributed by atoms with Gasteiger partial charge in [-0.25, -0.2) is 8.42 Å². The third-order valence-electron chi connectivity index (χ3n) is 1.65. The molecule has 0 aromatic carbocycles. The Morgan fingerprint density at radius 2 is 2.12 bits per heavy atom. The van der Waals surface area contributed by atoms with E-state index in [-0.39, 0.29) is 5.75 Å². The van der Waals surface area contributed by atoms with E-state index in [0.29, 0.717) is 25.5 Å². The highest BCUT2D eigenvalue weighted by atomic mass is 32.2. The van der Waals surface area contributed by atoms with Gasteiger partial charge in [-0.2, -0.15) is 0 Å². The van der Waals surface area contributed by atoms with Crippen LogP contribution in [-0.4, -0.2) is 46.0 Å². The molecular weight excluding hydrogens is 226 g/mol. The van der Waals surface area contributed by atoms with Crippen molar-refractivity contribution < 1.29 is 8.42 Å². The van der Waals surface area contributed by atoms with Gasteiger partial charge in [-0.15, -0.1) is 6.42 Å². The largest absolute Gasteiger partial charge is 0.357 e. The number of nitrogens with one attached hydrogen (secondary N) is 2. The monoisotopic (exact) mass is 245 g/mol. The number of nitrogens with zero attached hydrogens (tertiary/aromatic N) is 1. The number of rotatable bonds is 6. The van der Waals surface area contributed by atoms with E-state index in [1.165, 1.54) is 6.26 Å². The molecule has 0 saturated carbocycles. The molecule has 16 heavy (non-hydrogen) atoms. The predicted molar refractivity (Wildman–Crippen MR) is 67.1 cm³/mol. The van der Waals surface area contributed by atoms with Gasteiger partial charge in [0.25, 0.3) is 0 Å². The molecule has 0 spiro atoms. The fourth-order valence-corrected chi connectivity index (χ4v) is 1.65. The van der Waals surface area contributed by atoms with Gasteiger partial charge in [-0.3, -0.25) is 4.99 Å². The van der Waals surface area contributed by atoms with Crippen LogP contribution in [-0.2, 0) is 9.84 Å². The smallest absolute Gasteiger partial charge is 0.192 e. The van der Waals surface area contributed by atoms with Gasteiger partial charge >= 0.3 is 0 Å². The number of terminal acetylenes is 1. The molecule has 0 radical (unpaired) electrons. The minimum absolute atomic E-state index is 0.158. The van der Waals surface area contributed by atoms with Crippen LogP contribution < -0.4 is 10.6 Å². The first-order valence-electron chi connectivity index (χ1n) is 5.13. The summed E-state index contributed by atoms with van der Waals surface area (Å²) < 4.78 is 21.7. The zero-order chi connectivity index (χ0) is 12.4. The normalized spacial score (nSPS) is 11.9. The maximum absolute atomic E-state index is 10.9. The van der Waals surface area contributed by atoms with Gasteiger partial charge in [0.05, 0.1) is 12.3 Å². The molecule has 0 aliphatic rings. The van der Waals surface area contributed by atoms with Crippen LogP contribution in [0.5, 0.6) is 0 Å². The van der Waals surface area contributed by atoms with Crippen molar-refractivity contribution in [3.63, 3.8) is 0 Å². The molecule has 0 fully saturated rings. The summed E-state index contributed by atoms with van der Waals surface area (Å²) in [6, 6.07) is 0. The molecule has 0 rings (SSSR count). The summed E-state index contributed by atoms with van der Waals surface area (Å²) in [5, 5.41) is 5.93. The first-order chi connectivity index (χ1) is 7.49. The summed E-state index contributed by atoms with van der Waals surface area (Å²) in [6.45, 7) is 3.55. The fourth-order valence-electron chi connectivity index (χ4n) is 0.994. The Morgan fingerprint density at radius 3 is 2.62 bits per heavy atom. The van der Waals surface area contributed by atoms with Crippen LogP contribution in [0.4, 0.5) is 0 Å². The van der Waals surface area contributed by atoms with Crippen molar-refractivity contribution in [2.24, 2.45) is 4.99 Å². The molecule has 0 aliphatic heterocycles. The first-order valence-corrected chi connectivity index (χ1v) is 7.19. The van der Waals surface area contributed by atoms with Crippen molar-refractivity contribution in [1.29, 1.82) is 0 Å². The fraction of sp³-hybridized carbons (Fsp3) is 0.700. The summed E-state index contributed by atoms with van der Waals surface area (Å²) in [4.78, 5) is 4.19. The number of hydrogen-bond acceptors (Lipinski definition) is 3. The SMILES string of the molecule is C#CCNC(=NCCCS(C)(=O)=O)NCC. The summed E-state index contributed by atoms with van der Waals surface area (Å²) in [5.41, 5.74) is 0. The quantitative estimate of drug-likeness (QED) is 0.289. The van der Waals surface area contributed by atoms with Crippen molar-refractivity contribution >= 4 is 15.8 Å². The average molecular weight is 245 g/mol. The number of sulfone groups is 1. The summed E-state index contributed by atoms with van der Waals surface area (Å²) >= 11 is 0. The molecule has 2 N–H and O–H groups in total. The summed E-state index contributed by atoms with van der Waals surface area (Å²) in [7, 11) is -2.89. The van der Waals surface area contributed by atoms with E-state index in [0.717, 1.165) is 6.54 Å². The Balaban J connectivity index is 3.99. The van der Waals surface area contributed by atoms with Crippen LogP contribution in [0, 0.1) is 12.3 Å². The van der Waals surface area contributed by atoms with Crippen molar-refractivity contribution in [3.05, 3.63) is 0 Å². The third-order valence-corrected chi connectivity index (χ3v) is 2.68. The molecule has 0 saturated heterocycles.